The van der Waals surface area contributed by atoms with E-state index in [0.717, 1.165) is 9.50 Å². The molecule has 1 aromatic heterocycles. The Morgan fingerprint density at radius 3 is 2.56 bits per heavy atom. The van der Waals surface area contributed by atoms with Crippen molar-refractivity contribution in [3.63, 3.8) is 0 Å². The fourth-order valence-electron chi connectivity index (χ4n) is 1.41. The summed E-state index contributed by atoms with van der Waals surface area (Å²) in [6.45, 7) is 4.20. The zero-order valence-electron chi connectivity index (χ0n) is 9.20. The van der Waals surface area contributed by atoms with E-state index < -0.39 is 0 Å². The smallest absolute Gasteiger partial charge is 0.104 e. The van der Waals surface area contributed by atoms with Crippen molar-refractivity contribution in [2.24, 2.45) is 0 Å². The fourth-order valence-corrected chi connectivity index (χ4v) is 2.76. The molecular formula is C13H12BrNS. The summed E-state index contributed by atoms with van der Waals surface area (Å²) >= 11 is 5.14. The number of pyridine rings is 1. The van der Waals surface area contributed by atoms with Crippen LogP contribution in [0, 0.1) is 13.8 Å². The first-order valence-electron chi connectivity index (χ1n) is 5.02. The topological polar surface area (TPSA) is 12.9 Å². The molecule has 0 radical (unpaired) electrons. The van der Waals surface area contributed by atoms with Crippen LogP contribution in [0.25, 0.3) is 0 Å². The summed E-state index contributed by atoms with van der Waals surface area (Å²) in [5, 5.41) is 1.07. The maximum Gasteiger partial charge on any atom is 0.104 e. The largest absolute Gasteiger partial charge is 0.248 e. The third-order valence-electron chi connectivity index (χ3n) is 2.30. The highest BCUT2D eigenvalue weighted by atomic mass is 79.9. The highest BCUT2D eigenvalue weighted by molar-refractivity contribution is 9.10. The molecular weight excluding hydrogens is 282 g/mol. The van der Waals surface area contributed by atoms with Crippen LogP contribution in [0.3, 0.4) is 0 Å². The molecule has 0 atom stereocenters. The molecule has 1 aromatic carbocycles. The molecule has 3 heteroatoms. The van der Waals surface area contributed by atoms with Crippen molar-refractivity contribution >= 4 is 27.7 Å². The summed E-state index contributed by atoms with van der Waals surface area (Å²) in [6, 6.07) is 10.5. The molecule has 0 saturated carbocycles. The minimum absolute atomic E-state index is 1.03. The molecule has 0 fully saturated rings. The predicted octanol–water partition coefficient (Wildman–Crippen LogP) is 4.61. The van der Waals surface area contributed by atoms with Gasteiger partial charge < -0.3 is 0 Å². The number of halogens is 1. The number of hydrogen-bond donors (Lipinski definition) is 0. The average Bonchev–Trinajstić information content (AvgIpc) is 2.25. The van der Waals surface area contributed by atoms with E-state index in [1.54, 1.807) is 11.8 Å². The standard InChI is InChI=1S/C13H12BrNS/c1-9-5-3-4-6-12(9)16-13-10(2)7-11(14)8-15-13/h3-8H,1-2H3. The second kappa shape index (κ2) is 5.02. The van der Waals surface area contributed by atoms with Crippen molar-refractivity contribution in [2.75, 3.05) is 0 Å². The lowest BCUT2D eigenvalue weighted by Crippen LogP contribution is -1.86. The molecule has 82 valence electrons. The second-order valence-electron chi connectivity index (χ2n) is 3.64. The van der Waals surface area contributed by atoms with Gasteiger partial charge in [-0.2, -0.15) is 0 Å². The van der Waals surface area contributed by atoms with Gasteiger partial charge in [0.25, 0.3) is 0 Å². The van der Waals surface area contributed by atoms with Crippen LogP contribution >= 0.6 is 27.7 Å². The monoisotopic (exact) mass is 293 g/mol. The van der Waals surface area contributed by atoms with Crippen LogP contribution in [0.15, 0.2) is 50.9 Å². The maximum absolute atomic E-state index is 4.43. The van der Waals surface area contributed by atoms with Gasteiger partial charge in [0.1, 0.15) is 5.03 Å². The first-order valence-corrected chi connectivity index (χ1v) is 6.63. The summed E-state index contributed by atoms with van der Waals surface area (Å²) in [6.07, 6.45) is 1.84. The van der Waals surface area contributed by atoms with Gasteiger partial charge in [-0.25, -0.2) is 4.98 Å². The van der Waals surface area contributed by atoms with Crippen molar-refractivity contribution in [1.82, 2.24) is 4.98 Å². The fraction of sp³-hybridized carbons (Fsp3) is 0.154. The number of rotatable bonds is 2. The zero-order chi connectivity index (χ0) is 11.5. The molecule has 16 heavy (non-hydrogen) atoms. The lowest BCUT2D eigenvalue weighted by atomic mass is 10.2. The van der Waals surface area contributed by atoms with Gasteiger partial charge in [0.2, 0.25) is 0 Å². The summed E-state index contributed by atoms with van der Waals surface area (Å²) < 4.78 is 1.03. The minimum Gasteiger partial charge on any atom is -0.248 e. The van der Waals surface area contributed by atoms with E-state index in [2.05, 4.69) is 65.1 Å². The molecule has 0 unspecified atom stereocenters. The average molecular weight is 294 g/mol. The van der Waals surface area contributed by atoms with E-state index in [9.17, 15) is 0 Å². The number of hydrogen-bond acceptors (Lipinski definition) is 2. The summed E-state index contributed by atoms with van der Waals surface area (Å²) in [5.74, 6) is 0. The zero-order valence-corrected chi connectivity index (χ0v) is 11.6. The van der Waals surface area contributed by atoms with Crippen LogP contribution in [0.5, 0.6) is 0 Å². The third kappa shape index (κ3) is 2.66. The molecule has 0 spiro atoms. The highest BCUT2D eigenvalue weighted by Crippen LogP contribution is 2.31. The first-order chi connectivity index (χ1) is 7.66. The van der Waals surface area contributed by atoms with Crippen molar-refractivity contribution in [3.8, 4) is 0 Å². The number of aromatic nitrogens is 1. The van der Waals surface area contributed by atoms with Gasteiger partial charge in [0.15, 0.2) is 0 Å². The van der Waals surface area contributed by atoms with E-state index in [4.69, 9.17) is 0 Å². The lowest BCUT2D eigenvalue weighted by Gasteiger charge is -2.07. The van der Waals surface area contributed by atoms with E-state index in [1.807, 2.05) is 6.20 Å². The van der Waals surface area contributed by atoms with Crippen LogP contribution in [0.4, 0.5) is 0 Å². The quantitative estimate of drug-likeness (QED) is 0.802. The first kappa shape index (κ1) is 11.7. The molecule has 0 bridgehead atoms. The molecule has 0 aliphatic heterocycles. The Balaban J connectivity index is 2.31. The normalized spacial score (nSPS) is 10.4. The van der Waals surface area contributed by atoms with Crippen LogP contribution in [0.1, 0.15) is 11.1 Å². The van der Waals surface area contributed by atoms with Gasteiger partial charge in [-0.3, -0.25) is 0 Å². The SMILES string of the molecule is Cc1ccccc1Sc1ncc(Br)cc1C. The van der Waals surface area contributed by atoms with Gasteiger partial charge in [0.05, 0.1) is 0 Å². The van der Waals surface area contributed by atoms with Gasteiger partial charge >= 0.3 is 0 Å². The number of nitrogens with zero attached hydrogens (tertiary/aromatic N) is 1. The van der Waals surface area contributed by atoms with Crippen molar-refractivity contribution < 1.29 is 0 Å². The summed E-state index contributed by atoms with van der Waals surface area (Å²) in [5.41, 5.74) is 2.49. The molecule has 0 aliphatic rings. The molecule has 0 N–H and O–H groups in total. The Bertz CT molecular complexity index is 511. The van der Waals surface area contributed by atoms with Gasteiger partial charge in [-0.05, 0) is 53.0 Å². The van der Waals surface area contributed by atoms with Crippen molar-refractivity contribution in [1.29, 1.82) is 0 Å². The molecule has 1 nitrogen and oxygen atoms in total. The van der Waals surface area contributed by atoms with Gasteiger partial charge in [-0.1, -0.05) is 30.0 Å². The van der Waals surface area contributed by atoms with Gasteiger partial charge in [-0.15, -0.1) is 0 Å². The number of aryl methyl sites for hydroxylation is 2. The lowest BCUT2D eigenvalue weighted by molar-refractivity contribution is 1.07. The molecule has 2 rings (SSSR count). The van der Waals surface area contributed by atoms with E-state index in [-0.39, 0.29) is 0 Å². The molecule has 0 saturated heterocycles. The maximum atomic E-state index is 4.43. The van der Waals surface area contributed by atoms with Gasteiger partial charge in [0, 0.05) is 15.6 Å². The van der Waals surface area contributed by atoms with Crippen LogP contribution in [0.2, 0.25) is 0 Å². The second-order valence-corrected chi connectivity index (χ2v) is 5.59. The Morgan fingerprint density at radius 2 is 1.88 bits per heavy atom. The van der Waals surface area contributed by atoms with E-state index in [0.29, 0.717) is 0 Å². The van der Waals surface area contributed by atoms with Crippen molar-refractivity contribution in [2.45, 2.75) is 23.8 Å². The Labute approximate surface area is 108 Å². The number of benzene rings is 1. The van der Waals surface area contributed by atoms with Crippen LogP contribution in [-0.2, 0) is 0 Å². The molecule has 0 amide bonds. The van der Waals surface area contributed by atoms with Crippen LogP contribution in [-0.4, -0.2) is 4.98 Å². The highest BCUT2D eigenvalue weighted by Gasteiger charge is 2.05. The van der Waals surface area contributed by atoms with Crippen LogP contribution < -0.4 is 0 Å². The Kier molecular flexibility index (Phi) is 3.66. The van der Waals surface area contributed by atoms with E-state index in [1.165, 1.54) is 16.0 Å². The van der Waals surface area contributed by atoms with E-state index >= 15 is 0 Å². The minimum atomic E-state index is 1.03. The summed E-state index contributed by atoms with van der Waals surface area (Å²) in [7, 11) is 0. The molecule has 0 aliphatic carbocycles. The Hall–Kier alpha value is -0.800. The molecule has 2 aromatic rings. The van der Waals surface area contributed by atoms with Crippen molar-refractivity contribution in [3.05, 3.63) is 52.1 Å². The molecule has 1 heterocycles. The summed E-state index contributed by atoms with van der Waals surface area (Å²) in [4.78, 5) is 5.69. The predicted molar refractivity (Wildman–Crippen MR) is 72.0 cm³/mol. The third-order valence-corrected chi connectivity index (χ3v) is 4.03. The Morgan fingerprint density at radius 1 is 1.12 bits per heavy atom.